The summed E-state index contributed by atoms with van der Waals surface area (Å²) < 4.78 is 24.9. The van der Waals surface area contributed by atoms with Crippen molar-refractivity contribution in [2.45, 2.75) is 45.8 Å². The summed E-state index contributed by atoms with van der Waals surface area (Å²) in [6, 6.07) is 5.04. The van der Waals surface area contributed by atoms with Gasteiger partial charge >= 0.3 is 0 Å². The van der Waals surface area contributed by atoms with Crippen molar-refractivity contribution in [3.8, 4) is 5.75 Å². The zero-order valence-electron chi connectivity index (χ0n) is 13.1. The summed E-state index contributed by atoms with van der Waals surface area (Å²) in [5.41, 5.74) is 0.439. The Morgan fingerprint density at radius 2 is 2.05 bits per heavy atom. The van der Waals surface area contributed by atoms with Gasteiger partial charge in [0.2, 0.25) is 0 Å². The van der Waals surface area contributed by atoms with Crippen LogP contribution in [0.1, 0.15) is 45.7 Å². The number of nitrogens with one attached hydrogen (secondary N) is 1. The topological polar surface area (TPSA) is 30.5 Å². The molecule has 0 heterocycles. The third-order valence-electron chi connectivity index (χ3n) is 3.47. The Labute approximate surface area is 121 Å². The second-order valence-electron chi connectivity index (χ2n) is 5.52. The van der Waals surface area contributed by atoms with Crippen LogP contribution in [0.5, 0.6) is 5.75 Å². The van der Waals surface area contributed by atoms with Gasteiger partial charge in [0.05, 0.1) is 12.2 Å². The number of rotatable bonds is 8. The fraction of sp³-hybridized carbons (Fsp3) is 0.625. The molecule has 0 spiro atoms. The van der Waals surface area contributed by atoms with Gasteiger partial charge in [0.25, 0.3) is 0 Å². The highest BCUT2D eigenvalue weighted by atomic mass is 19.1. The predicted molar refractivity (Wildman–Crippen MR) is 79.7 cm³/mol. The van der Waals surface area contributed by atoms with Crippen molar-refractivity contribution < 1.29 is 13.9 Å². The normalized spacial score (nSPS) is 13.3. The molecule has 0 aliphatic rings. The van der Waals surface area contributed by atoms with E-state index in [1.807, 2.05) is 33.8 Å². The Kier molecular flexibility index (Phi) is 6.43. The molecule has 0 aliphatic carbocycles. The average Bonchev–Trinajstić information content (AvgIpc) is 2.39. The van der Waals surface area contributed by atoms with E-state index in [1.165, 1.54) is 6.07 Å². The van der Waals surface area contributed by atoms with E-state index < -0.39 is 0 Å². The Balaban J connectivity index is 2.59. The van der Waals surface area contributed by atoms with E-state index in [4.69, 9.17) is 9.47 Å². The molecule has 1 unspecified atom stereocenters. The minimum absolute atomic E-state index is 0.00137. The van der Waals surface area contributed by atoms with Crippen LogP contribution in [0.4, 0.5) is 4.39 Å². The molecule has 0 amide bonds. The van der Waals surface area contributed by atoms with Crippen molar-refractivity contribution in [2.24, 2.45) is 0 Å². The summed E-state index contributed by atoms with van der Waals surface area (Å²) in [6.45, 7) is 9.26. The summed E-state index contributed by atoms with van der Waals surface area (Å²) in [6.07, 6.45) is 0.751. The van der Waals surface area contributed by atoms with E-state index >= 15 is 0 Å². The maximum atomic E-state index is 14.0. The van der Waals surface area contributed by atoms with Crippen LogP contribution in [0.25, 0.3) is 0 Å². The third kappa shape index (κ3) is 5.10. The highest BCUT2D eigenvalue weighted by molar-refractivity contribution is 5.30. The maximum Gasteiger partial charge on any atom is 0.131 e. The fourth-order valence-electron chi connectivity index (χ4n) is 1.88. The predicted octanol–water partition coefficient (Wildman–Crippen LogP) is 3.69. The van der Waals surface area contributed by atoms with Crippen molar-refractivity contribution in [3.63, 3.8) is 0 Å². The van der Waals surface area contributed by atoms with Crippen molar-refractivity contribution in [3.05, 3.63) is 29.6 Å². The van der Waals surface area contributed by atoms with Gasteiger partial charge in [-0.2, -0.15) is 0 Å². The van der Waals surface area contributed by atoms with Crippen LogP contribution in [0.15, 0.2) is 18.2 Å². The maximum absolute atomic E-state index is 14.0. The fourth-order valence-corrected chi connectivity index (χ4v) is 1.88. The smallest absolute Gasteiger partial charge is 0.131 e. The first-order valence-corrected chi connectivity index (χ1v) is 7.10. The third-order valence-corrected chi connectivity index (χ3v) is 3.47. The van der Waals surface area contributed by atoms with Crippen LogP contribution < -0.4 is 10.1 Å². The monoisotopic (exact) mass is 283 g/mol. The second-order valence-corrected chi connectivity index (χ2v) is 5.52. The van der Waals surface area contributed by atoms with Gasteiger partial charge in [0, 0.05) is 31.2 Å². The minimum Gasteiger partial charge on any atom is -0.493 e. The first-order valence-electron chi connectivity index (χ1n) is 7.10. The molecule has 1 rings (SSSR count). The lowest BCUT2D eigenvalue weighted by atomic mass is 10.1. The standard InChI is InChI=1S/C16H26FNO2/c1-6-18-12(2)14-8-7-13(11-15(14)17)20-10-9-16(3,4)19-5/h7-8,11-12,18H,6,9-10H2,1-5H3. The summed E-state index contributed by atoms with van der Waals surface area (Å²) >= 11 is 0. The highest BCUT2D eigenvalue weighted by Crippen LogP contribution is 2.22. The highest BCUT2D eigenvalue weighted by Gasteiger charge is 2.16. The van der Waals surface area contributed by atoms with Gasteiger partial charge in [0.15, 0.2) is 0 Å². The van der Waals surface area contributed by atoms with Crippen LogP contribution in [-0.4, -0.2) is 25.9 Å². The molecule has 0 bridgehead atoms. The molecule has 1 aromatic rings. The molecule has 0 aliphatic heterocycles. The zero-order chi connectivity index (χ0) is 15.2. The van der Waals surface area contributed by atoms with Crippen molar-refractivity contribution in [2.75, 3.05) is 20.3 Å². The molecule has 0 saturated carbocycles. The molecule has 1 atom stereocenters. The van der Waals surface area contributed by atoms with Crippen LogP contribution in [0, 0.1) is 5.82 Å². The SMILES string of the molecule is CCNC(C)c1ccc(OCCC(C)(C)OC)cc1F. The molecule has 1 aromatic carbocycles. The van der Waals surface area contributed by atoms with Crippen molar-refractivity contribution in [1.29, 1.82) is 0 Å². The molecule has 114 valence electrons. The van der Waals surface area contributed by atoms with E-state index in [9.17, 15) is 4.39 Å². The lowest BCUT2D eigenvalue weighted by molar-refractivity contribution is 0.00544. The lowest BCUT2D eigenvalue weighted by Gasteiger charge is -2.22. The molecule has 4 heteroatoms. The molecule has 3 nitrogen and oxygen atoms in total. The number of benzene rings is 1. The zero-order valence-corrected chi connectivity index (χ0v) is 13.1. The lowest BCUT2D eigenvalue weighted by Crippen LogP contribution is -2.25. The average molecular weight is 283 g/mol. The summed E-state index contributed by atoms with van der Waals surface area (Å²) in [4.78, 5) is 0. The van der Waals surface area contributed by atoms with Gasteiger partial charge < -0.3 is 14.8 Å². The molecule has 0 fully saturated rings. The molecule has 20 heavy (non-hydrogen) atoms. The van der Waals surface area contributed by atoms with Gasteiger partial charge in [-0.1, -0.05) is 13.0 Å². The number of hydrogen-bond acceptors (Lipinski definition) is 3. The molecule has 0 aromatic heterocycles. The molecule has 1 N–H and O–H groups in total. The van der Waals surface area contributed by atoms with Crippen LogP contribution in [-0.2, 0) is 4.74 Å². The molecular formula is C16H26FNO2. The van der Waals surface area contributed by atoms with Crippen molar-refractivity contribution >= 4 is 0 Å². The van der Waals surface area contributed by atoms with Gasteiger partial charge in [-0.3, -0.25) is 0 Å². The van der Waals surface area contributed by atoms with Gasteiger partial charge in [-0.15, -0.1) is 0 Å². The Morgan fingerprint density at radius 3 is 2.60 bits per heavy atom. The van der Waals surface area contributed by atoms with Gasteiger partial charge in [-0.05, 0) is 33.4 Å². The van der Waals surface area contributed by atoms with Gasteiger partial charge in [-0.25, -0.2) is 4.39 Å². The van der Waals surface area contributed by atoms with E-state index in [2.05, 4.69) is 5.32 Å². The summed E-state index contributed by atoms with van der Waals surface area (Å²) in [7, 11) is 1.68. The van der Waals surface area contributed by atoms with Crippen LogP contribution in [0.3, 0.4) is 0 Å². The van der Waals surface area contributed by atoms with Gasteiger partial charge in [0.1, 0.15) is 11.6 Å². The Hall–Kier alpha value is -1.13. The van der Waals surface area contributed by atoms with Crippen LogP contribution >= 0.6 is 0 Å². The Bertz CT molecular complexity index is 421. The van der Waals surface area contributed by atoms with E-state index in [1.54, 1.807) is 13.2 Å². The molecule has 0 saturated heterocycles. The first-order chi connectivity index (χ1) is 9.39. The number of hydrogen-bond donors (Lipinski definition) is 1. The molecule has 0 radical (unpaired) electrons. The number of methoxy groups -OCH3 is 1. The van der Waals surface area contributed by atoms with Crippen LogP contribution in [0.2, 0.25) is 0 Å². The first kappa shape index (κ1) is 16.9. The van der Waals surface area contributed by atoms with E-state index in [-0.39, 0.29) is 17.5 Å². The largest absolute Gasteiger partial charge is 0.493 e. The molecular weight excluding hydrogens is 257 g/mol. The van der Waals surface area contributed by atoms with E-state index in [0.717, 1.165) is 13.0 Å². The Morgan fingerprint density at radius 1 is 1.35 bits per heavy atom. The number of halogens is 1. The quantitative estimate of drug-likeness (QED) is 0.789. The van der Waals surface area contributed by atoms with Crippen molar-refractivity contribution in [1.82, 2.24) is 5.32 Å². The summed E-state index contributed by atoms with van der Waals surface area (Å²) in [5.74, 6) is 0.323. The summed E-state index contributed by atoms with van der Waals surface area (Å²) in [5, 5.41) is 3.20. The minimum atomic E-state index is -0.234. The number of ether oxygens (including phenoxy) is 2. The van der Waals surface area contributed by atoms with E-state index in [0.29, 0.717) is 17.9 Å². The second kappa shape index (κ2) is 7.60.